The minimum atomic E-state index is -0.345. The summed E-state index contributed by atoms with van der Waals surface area (Å²) in [6.45, 7) is 6.32. The molecule has 0 unspecified atom stereocenters. The average molecular weight is 355 g/mol. The molecule has 0 saturated heterocycles. The fourth-order valence-corrected chi connectivity index (χ4v) is 2.75. The van der Waals surface area contributed by atoms with E-state index in [1.807, 2.05) is 37.7 Å². The molecule has 0 aliphatic rings. The maximum atomic E-state index is 13.0. The molecule has 1 amide bonds. The number of imidazole rings is 1. The minimum absolute atomic E-state index is 0.0839. The van der Waals surface area contributed by atoms with Gasteiger partial charge in [-0.1, -0.05) is 13.8 Å². The number of amides is 1. The van der Waals surface area contributed by atoms with Crippen LogP contribution in [0.2, 0.25) is 0 Å². The van der Waals surface area contributed by atoms with Crippen LogP contribution in [-0.2, 0) is 11.3 Å². The molecule has 0 fully saturated rings. The lowest BCUT2D eigenvalue weighted by molar-refractivity contribution is -0.124. The average Bonchev–Trinajstić information content (AvgIpc) is 3.29. The van der Waals surface area contributed by atoms with Crippen LogP contribution in [0, 0.1) is 5.82 Å². The Bertz CT molecular complexity index is 881. The van der Waals surface area contributed by atoms with Crippen LogP contribution in [0.3, 0.4) is 0 Å². The van der Waals surface area contributed by atoms with E-state index >= 15 is 0 Å². The minimum Gasteiger partial charge on any atom is -0.350 e. The van der Waals surface area contributed by atoms with Crippen LogP contribution in [0.5, 0.6) is 0 Å². The molecule has 2 heterocycles. The highest BCUT2D eigenvalue weighted by Gasteiger charge is 2.19. The van der Waals surface area contributed by atoms with Crippen molar-refractivity contribution in [1.29, 1.82) is 0 Å². The molecule has 1 N–H and O–H groups in total. The van der Waals surface area contributed by atoms with E-state index in [-0.39, 0.29) is 23.7 Å². The van der Waals surface area contributed by atoms with Crippen LogP contribution < -0.4 is 5.32 Å². The zero-order valence-electron chi connectivity index (χ0n) is 15.1. The third-order valence-corrected chi connectivity index (χ3v) is 4.21. The molecule has 0 spiro atoms. The van der Waals surface area contributed by atoms with Crippen LogP contribution in [0.1, 0.15) is 44.1 Å². The van der Waals surface area contributed by atoms with Gasteiger partial charge in [-0.2, -0.15) is 5.10 Å². The highest BCUT2D eigenvalue weighted by Crippen LogP contribution is 2.17. The number of rotatable bonds is 6. The van der Waals surface area contributed by atoms with E-state index in [1.165, 1.54) is 12.1 Å². The molecule has 0 bridgehead atoms. The number of aromatic nitrogens is 4. The summed E-state index contributed by atoms with van der Waals surface area (Å²) in [5, 5.41) is 7.18. The molecule has 136 valence electrons. The third-order valence-electron chi connectivity index (χ3n) is 4.21. The van der Waals surface area contributed by atoms with Gasteiger partial charge in [0.15, 0.2) is 0 Å². The molecule has 0 radical (unpaired) electrons. The molecule has 2 aromatic heterocycles. The van der Waals surface area contributed by atoms with Gasteiger partial charge in [0.2, 0.25) is 5.91 Å². The lowest BCUT2D eigenvalue weighted by atomic mass is 10.2. The first-order valence-corrected chi connectivity index (χ1v) is 8.55. The first kappa shape index (κ1) is 17.8. The maximum Gasteiger partial charge on any atom is 0.243 e. The summed E-state index contributed by atoms with van der Waals surface area (Å²) in [6, 6.07) is 5.73. The van der Waals surface area contributed by atoms with Crippen LogP contribution in [-0.4, -0.2) is 25.2 Å². The van der Waals surface area contributed by atoms with Crippen LogP contribution in [0.25, 0.3) is 5.69 Å². The van der Waals surface area contributed by atoms with Crippen molar-refractivity contribution >= 4 is 5.91 Å². The van der Waals surface area contributed by atoms with E-state index in [0.717, 1.165) is 17.1 Å². The third kappa shape index (κ3) is 3.82. The summed E-state index contributed by atoms with van der Waals surface area (Å²) in [7, 11) is 0. The van der Waals surface area contributed by atoms with Crippen molar-refractivity contribution in [3.8, 4) is 5.69 Å². The molecule has 3 aromatic rings. The summed E-state index contributed by atoms with van der Waals surface area (Å²) in [5.41, 5.74) is 1.63. The summed E-state index contributed by atoms with van der Waals surface area (Å²) < 4.78 is 16.5. The largest absolute Gasteiger partial charge is 0.350 e. The van der Waals surface area contributed by atoms with Crippen LogP contribution >= 0.6 is 0 Å². The first-order valence-electron chi connectivity index (χ1n) is 8.55. The molecule has 0 aliphatic heterocycles. The van der Waals surface area contributed by atoms with Gasteiger partial charge in [-0.15, -0.1) is 0 Å². The summed E-state index contributed by atoms with van der Waals surface area (Å²) in [6.07, 6.45) is 7.04. The standard InChI is InChI=1S/C19H22FN5O/c1-13(2)18-21-8-9-24(18)14(3)19(26)22-10-15-11-23-25(12-15)17-6-4-16(20)5-7-17/h4-9,11-14H,10H2,1-3H3,(H,22,26)/t14-/m0/s1. The van der Waals surface area contributed by atoms with Gasteiger partial charge in [0.1, 0.15) is 17.7 Å². The van der Waals surface area contributed by atoms with Gasteiger partial charge < -0.3 is 9.88 Å². The number of hydrogen-bond acceptors (Lipinski definition) is 3. The molecule has 7 heteroatoms. The number of carbonyl (C=O) groups is 1. The van der Waals surface area contributed by atoms with E-state index < -0.39 is 0 Å². The summed E-state index contributed by atoms with van der Waals surface area (Å²) >= 11 is 0. The highest BCUT2D eigenvalue weighted by molar-refractivity contribution is 5.79. The first-order chi connectivity index (χ1) is 12.5. The van der Waals surface area contributed by atoms with E-state index in [0.29, 0.717) is 6.54 Å². The Morgan fingerprint density at radius 2 is 1.96 bits per heavy atom. The Morgan fingerprint density at radius 3 is 2.65 bits per heavy atom. The quantitative estimate of drug-likeness (QED) is 0.738. The van der Waals surface area contributed by atoms with Gasteiger partial charge in [-0.3, -0.25) is 4.79 Å². The Kier molecular flexibility index (Phi) is 5.16. The van der Waals surface area contributed by atoms with Gasteiger partial charge in [-0.25, -0.2) is 14.1 Å². The highest BCUT2D eigenvalue weighted by atomic mass is 19.1. The van der Waals surface area contributed by atoms with E-state index in [1.54, 1.807) is 29.2 Å². The predicted molar refractivity (Wildman–Crippen MR) is 96.4 cm³/mol. The number of benzene rings is 1. The number of nitrogens with one attached hydrogen (secondary N) is 1. The van der Waals surface area contributed by atoms with Crippen LogP contribution in [0.4, 0.5) is 4.39 Å². The second kappa shape index (κ2) is 7.51. The van der Waals surface area contributed by atoms with Crippen molar-refractivity contribution in [3.05, 3.63) is 66.3 Å². The van der Waals surface area contributed by atoms with E-state index in [9.17, 15) is 9.18 Å². The summed E-state index contributed by atoms with van der Waals surface area (Å²) in [5.74, 6) is 0.757. The molecular weight excluding hydrogens is 333 g/mol. The van der Waals surface area contributed by atoms with Crippen molar-refractivity contribution in [1.82, 2.24) is 24.6 Å². The van der Waals surface area contributed by atoms with Crippen molar-refractivity contribution < 1.29 is 9.18 Å². The Hall–Kier alpha value is -2.96. The number of nitrogens with zero attached hydrogens (tertiary/aromatic N) is 4. The number of halogens is 1. The van der Waals surface area contributed by atoms with Gasteiger partial charge in [0.05, 0.1) is 11.9 Å². The monoisotopic (exact) mass is 355 g/mol. The van der Waals surface area contributed by atoms with Crippen molar-refractivity contribution in [3.63, 3.8) is 0 Å². The Labute approximate surface area is 151 Å². The SMILES string of the molecule is CC(C)c1nccn1[C@@H](C)C(=O)NCc1cnn(-c2ccc(F)cc2)c1. The molecule has 3 rings (SSSR count). The van der Waals surface area contributed by atoms with Gasteiger partial charge in [0.25, 0.3) is 0 Å². The van der Waals surface area contributed by atoms with E-state index in [4.69, 9.17) is 0 Å². The van der Waals surface area contributed by atoms with Gasteiger partial charge in [0, 0.05) is 36.6 Å². The number of carbonyl (C=O) groups excluding carboxylic acids is 1. The predicted octanol–water partition coefficient (Wildman–Crippen LogP) is 3.21. The molecule has 26 heavy (non-hydrogen) atoms. The lowest BCUT2D eigenvalue weighted by Crippen LogP contribution is -2.31. The van der Waals surface area contributed by atoms with Crippen molar-refractivity contribution in [2.24, 2.45) is 0 Å². The topological polar surface area (TPSA) is 64.7 Å². The normalized spacial score (nSPS) is 12.3. The van der Waals surface area contributed by atoms with E-state index in [2.05, 4.69) is 15.4 Å². The maximum absolute atomic E-state index is 13.0. The van der Waals surface area contributed by atoms with Gasteiger partial charge in [-0.05, 0) is 31.2 Å². The van der Waals surface area contributed by atoms with Crippen molar-refractivity contribution in [2.75, 3.05) is 0 Å². The summed E-state index contributed by atoms with van der Waals surface area (Å²) in [4.78, 5) is 16.8. The smallest absolute Gasteiger partial charge is 0.243 e. The van der Waals surface area contributed by atoms with Crippen molar-refractivity contribution in [2.45, 2.75) is 39.3 Å². The number of hydrogen-bond donors (Lipinski definition) is 1. The second-order valence-electron chi connectivity index (χ2n) is 6.51. The fourth-order valence-electron chi connectivity index (χ4n) is 2.75. The fraction of sp³-hybridized carbons (Fsp3) is 0.316. The molecule has 1 atom stereocenters. The Balaban J connectivity index is 1.63. The second-order valence-corrected chi connectivity index (χ2v) is 6.51. The zero-order valence-corrected chi connectivity index (χ0v) is 15.1. The zero-order chi connectivity index (χ0) is 18.7. The molecule has 6 nitrogen and oxygen atoms in total. The van der Waals surface area contributed by atoms with Gasteiger partial charge >= 0.3 is 0 Å². The molecule has 1 aromatic carbocycles. The molecule has 0 aliphatic carbocycles. The molecule has 0 saturated carbocycles. The molecular formula is C19H22FN5O. The lowest BCUT2D eigenvalue weighted by Gasteiger charge is -2.17. The van der Waals surface area contributed by atoms with Crippen LogP contribution in [0.15, 0.2) is 49.1 Å². The Morgan fingerprint density at radius 1 is 1.23 bits per heavy atom.